The second-order valence-electron chi connectivity index (χ2n) is 10.3. The summed E-state index contributed by atoms with van der Waals surface area (Å²) in [6, 6.07) is 12.7. The van der Waals surface area contributed by atoms with Gasteiger partial charge in [0.1, 0.15) is 17.8 Å². The molecule has 0 heterocycles. The zero-order chi connectivity index (χ0) is 28.5. The van der Waals surface area contributed by atoms with Crippen LogP contribution >= 0.6 is 12.4 Å². The third kappa shape index (κ3) is 8.81. The Kier molecular flexibility index (Phi) is 12.1. The maximum atomic E-state index is 13.6. The third-order valence-electron chi connectivity index (χ3n) is 7.17. The highest BCUT2D eigenvalue weighted by Crippen LogP contribution is 2.27. The van der Waals surface area contributed by atoms with Crippen molar-refractivity contribution in [1.82, 2.24) is 15.5 Å². The smallest absolute Gasteiger partial charge is 0.248 e. The van der Waals surface area contributed by atoms with Crippen LogP contribution in [0.2, 0.25) is 0 Å². The molecule has 2 atom stereocenters. The number of hydrogen-bond acceptors (Lipinski definition) is 5. The van der Waals surface area contributed by atoms with Gasteiger partial charge in [0, 0.05) is 31.8 Å². The number of halogens is 1. The molecule has 1 fully saturated rings. The van der Waals surface area contributed by atoms with Gasteiger partial charge < -0.3 is 27.0 Å². The van der Waals surface area contributed by atoms with Gasteiger partial charge in [-0.3, -0.25) is 24.6 Å². The summed E-state index contributed by atoms with van der Waals surface area (Å²) >= 11 is 0. The maximum Gasteiger partial charge on any atom is 0.248 e. The number of carbonyl (C=O) groups excluding carboxylic acids is 4. The number of hydrogen-bond donors (Lipinski definition) is 5. The molecule has 2 aromatic rings. The molecule has 0 aromatic heterocycles. The number of carbonyl (C=O) groups is 4. The first-order valence-electron chi connectivity index (χ1n) is 13.2. The number of amides is 4. The third-order valence-corrected chi connectivity index (χ3v) is 7.17. The normalized spacial score (nSPS) is 14.7. The predicted molar refractivity (Wildman–Crippen MR) is 156 cm³/mol. The van der Waals surface area contributed by atoms with Gasteiger partial charge >= 0.3 is 0 Å². The van der Waals surface area contributed by atoms with E-state index in [-0.39, 0.29) is 48.9 Å². The van der Waals surface area contributed by atoms with Gasteiger partial charge in [-0.2, -0.15) is 0 Å². The molecule has 0 aliphatic heterocycles. The molecule has 0 radical (unpaired) electrons. The van der Waals surface area contributed by atoms with Crippen LogP contribution in [0.25, 0.3) is 0 Å². The standard InChI is InChI=1S/C29H38N6O4.ClH/c1-35(2)29(39)23(16-18-8-12-21(13-9-18)25(30)31)27(37)34-24(20-6-4-3-5-7-20)28(38)33-17-19-10-14-22(15-11-19)26(32)36;/h8-15,20,23-24H,3-7,16-17H2,1-2H3,(H3,30,31)(H2,32,36)(H,33,38)(H,34,37);1H/t23?,24-;/m0./s1. The van der Waals surface area contributed by atoms with Gasteiger partial charge in [0.05, 0.1) is 0 Å². The average molecular weight is 571 g/mol. The van der Waals surface area contributed by atoms with Crippen LogP contribution in [0.15, 0.2) is 48.5 Å². The molecule has 11 heteroatoms. The lowest BCUT2D eigenvalue weighted by molar-refractivity contribution is -0.142. The number of nitrogens with two attached hydrogens (primary N) is 2. The van der Waals surface area contributed by atoms with Crippen molar-refractivity contribution in [2.75, 3.05) is 14.1 Å². The molecule has 10 nitrogen and oxygen atoms in total. The summed E-state index contributed by atoms with van der Waals surface area (Å²) in [5.74, 6) is -2.82. The summed E-state index contributed by atoms with van der Waals surface area (Å²) in [4.78, 5) is 52.7. The Morgan fingerprint density at radius 3 is 1.95 bits per heavy atom. The monoisotopic (exact) mass is 570 g/mol. The number of primary amides is 1. The average Bonchev–Trinajstić information content (AvgIpc) is 2.93. The number of nitrogen functional groups attached to an aromatic ring is 1. The Balaban J connectivity index is 0.00000560. The second kappa shape index (κ2) is 15.0. The summed E-state index contributed by atoms with van der Waals surface area (Å²) in [5, 5.41) is 13.4. The largest absolute Gasteiger partial charge is 0.384 e. The van der Waals surface area contributed by atoms with Crippen LogP contribution in [-0.4, -0.2) is 54.5 Å². The number of benzene rings is 2. The fourth-order valence-electron chi connectivity index (χ4n) is 4.86. The van der Waals surface area contributed by atoms with Crippen LogP contribution in [0, 0.1) is 17.2 Å². The van der Waals surface area contributed by atoms with Crippen molar-refractivity contribution in [2.45, 2.75) is 51.1 Å². The van der Waals surface area contributed by atoms with Crippen LogP contribution in [0.1, 0.15) is 59.2 Å². The molecule has 40 heavy (non-hydrogen) atoms. The minimum atomic E-state index is -1.02. The first-order chi connectivity index (χ1) is 18.6. The van der Waals surface area contributed by atoms with Crippen molar-refractivity contribution in [1.29, 1.82) is 5.41 Å². The lowest BCUT2D eigenvalue weighted by Crippen LogP contribution is -2.54. The Labute approximate surface area is 241 Å². The first kappa shape index (κ1) is 32.3. The molecule has 1 unspecified atom stereocenters. The molecule has 1 aliphatic carbocycles. The summed E-state index contributed by atoms with van der Waals surface area (Å²) in [6.07, 6.45) is 4.80. The van der Waals surface area contributed by atoms with Crippen molar-refractivity contribution in [3.63, 3.8) is 0 Å². The maximum absolute atomic E-state index is 13.6. The Bertz CT molecular complexity index is 1190. The van der Waals surface area contributed by atoms with E-state index in [4.69, 9.17) is 16.9 Å². The van der Waals surface area contributed by atoms with Gasteiger partial charge in [0.25, 0.3) is 0 Å². The molecule has 4 amide bonds. The van der Waals surface area contributed by atoms with Crippen molar-refractivity contribution in [3.8, 4) is 0 Å². The zero-order valence-corrected chi connectivity index (χ0v) is 23.8. The first-order valence-corrected chi connectivity index (χ1v) is 13.2. The number of rotatable bonds is 11. The molecule has 1 aliphatic rings. The van der Waals surface area contributed by atoms with E-state index in [1.165, 1.54) is 4.90 Å². The molecule has 3 rings (SSSR count). The van der Waals surface area contributed by atoms with Crippen molar-refractivity contribution in [3.05, 3.63) is 70.8 Å². The molecular weight excluding hydrogens is 532 g/mol. The van der Waals surface area contributed by atoms with Gasteiger partial charge in [-0.15, -0.1) is 12.4 Å². The molecule has 0 saturated heterocycles. The quantitative estimate of drug-likeness (QED) is 0.158. The van der Waals surface area contributed by atoms with Gasteiger partial charge in [0.15, 0.2) is 0 Å². The zero-order valence-electron chi connectivity index (χ0n) is 22.9. The number of amidine groups is 1. The molecule has 2 aromatic carbocycles. The molecular formula is C29H39ClN6O4. The van der Waals surface area contributed by atoms with Crippen molar-refractivity contribution < 1.29 is 19.2 Å². The molecule has 0 spiro atoms. The van der Waals surface area contributed by atoms with E-state index in [0.717, 1.165) is 43.2 Å². The second-order valence-corrected chi connectivity index (χ2v) is 10.3. The van der Waals surface area contributed by atoms with E-state index >= 15 is 0 Å². The van der Waals surface area contributed by atoms with Crippen LogP contribution in [0.4, 0.5) is 0 Å². The van der Waals surface area contributed by atoms with E-state index in [1.807, 2.05) is 0 Å². The van der Waals surface area contributed by atoms with Crippen LogP contribution in [0.3, 0.4) is 0 Å². The summed E-state index contributed by atoms with van der Waals surface area (Å²) in [6.45, 7) is 0.222. The Hall–Kier alpha value is -3.92. The van der Waals surface area contributed by atoms with Crippen molar-refractivity contribution >= 4 is 41.9 Å². The van der Waals surface area contributed by atoms with E-state index in [0.29, 0.717) is 11.1 Å². The van der Waals surface area contributed by atoms with Crippen LogP contribution < -0.4 is 22.1 Å². The van der Waals surface area contributed by atoms with Gasteiger partial charge in [-0.05, 0) is 48.4 Å². The number of nitrogens with zero attached hydrogens (tertiary/aromatic N) is 1. The van der Waals surface area contributed by atoms with Gasteiger partial charge in [0.2, 0.25) is 23.6 Å². The van der Waals surface area contributed by atoms with E-state index in [2.05, 4.69) is 10.6 Å². The highest BCUT2D eigenvalue weighted by Gasteiger charge is 2.35. The van der Waals surface area contributed by atoms with Crippen LogP contribution in [-0.2, 0) is 27.3 Å². The molecule has 1 saturated carbocycles. The van der Waals surface area contributed by atoms with Gasteiger partial charge in [-0.1, -0.05) is 55.7 Å². The lowest BCUT2D eigenvalue weighted by atomic mass is 9.83. The molecule has 0 bridgehead atoms. The minimum absolute atomic E-state index is 0. The van der Waals surface area contributed by atoms with Gasteiger partial charge in [-0.25, -0.2) is 0 Å². The van der Waals surface area contributed by atoms with E-state index in [1.54, 1.807) is 62.6 Å². The number of nitrogens with one attached hydrogen (secondary N) is 3. The Morgan fingerprint density at radius 2 is 1.43 bits per heavy atom. The van der Waals surface area contributed by atoms with E-state index < -0.39 is 23.8 Å². The van der Waals surface area contributed by atoms with Crippen molar-refractivity contribution in [2.24, 2.45) is 23.3 Å². The summed E-state index contributed by atoms with van der Waals surface area (Å²) in [7, 11) is 3.19. The molecule has 216 valence electrons. The fourth-order valence-corrected chi connectivity index (χ4v) is 4.86. The lowest BCUT2D eigenvalue weighted by Gasteiger charge is -2.31. The summed E-state index contributed by atoms with van der Waals surface area (Å²) < 4.78 is 0. The minimum Gasteiger partial charge on any atom is -0.384 e. The molecule has 7 N–H and O–H groups in total. The highest BCUT2D eigenvalue weighted by atomic mass is 35.5. The van der Waals surface area contributed by atoms with Crippen LogP contribution in [0.5, 0.6) is 0 Å². The Morgan fingerprint density at radius 1 is 0.875 bits per heavy atom. The topological polar surface area (TPSA) is 171 Å². The van der Waals surface area contributed by atoms with E-state index in [9.17, 15) is 19.2 Å². The summed E-state index contributed by atoms with van der Waals surface area (Å²) in [5.41, 5.74) is 13.3. The SMILES string of the molecule is CN(C)C(=O)C(Cc1ccc(C(=N)N)cc1)C(=O)N[C@H](C(=O)NCc1ccc(C(N)=O)cc1)C1CCCCC1.Cl. The fraction of sp³-hybridized carbons (Fsp3) is 0.414. The highest BCUT2D eigenvalue weighted by molar-refractivity contribution is 6.02. The predicted octanol–water partition coefficient (Wildman–Crippen LogP) is 2.12.